The van der Waals surface area contributed by atoms with Crippen LogP contribution in [0.25, 0.3) is 10.8 Å². The van der Waals surface area contributed by atoms with Gasteiger partial charge < -0.3 is 9.84 Å². The van der Waals surface area contributed by atoms with Crippen molar-refractivity contribution in [1.82, 2.24) is 9.80 Å². The number of hydrogen-bond donors (Lipinski definition) is 1. The van der Waals surface area contributed by atoms with E-state index in [1.807, 2.05) is 30.3 Å². The number of ether oxygens (including phenoxy) is 1. The Morgan fingerprint density at radius 3 is 2.71 bits per heavy atom. The molecule has 0 bridgehead atoms. The van der Waals surface area contributed by atoms with E-state index in [0.717, 1.165) is 42.1 Å². The zero-order valence-corrected chi connectivity index (χ0v) is 15.8. The highest BCUT2D eigenvalue weighted by Crippen LogP contribution is 2.38. The smallest absolute Gasteiger partial charge is 0.260 e. The van der Waals surface area contributed by atoms with E-state index in [2.05, 4.69) is 4.90 Å². The molecule has 3 atom stereocenters. The molecule has 5 rings (SSSR count). The predicted molar refractivity (Wildman–Crippen MR) is 104 cm³/mol. The third-order valence-electron chi connectivity index (χ3n) is 6.37. The normalized spacial score (nSPS) is 28.0. The molecule has 5 nitrogen and oxygen atoms in total. The lowest BCUT2D eigenvalue weighted by atomic mass is 9.97. The Kier molecular flexibility index (Phi) is 4.48. The van der Waals surface area contributed by atoms with Crippen molar-refractivity contribution >= 4 is 16.7 Å². The van der Waals surface area contributed by atoms with Crippen LogP contribution in [0.2, 0.25) is 0 Å². The molecule has 0 spiro atoms. The molecule has 1 amide bonds. The molecule has 3 aliphatic rings. The van der Waals surface area contributed by atoms with Gasteiger partial charge in [0.05, 0.1) is 17.7 Å². The maximum Gasteiger partial charge on any atom is 0.260 e. The summed E-state index contributed by atoms with van der Waals surface area (Å²) in [7, 11) is 0. The Balaban J connectivity index is 1.54. The lowest BCUT2D eigenvalue weighted by molar-refractivity contribution is 0.0132. The van der Waals surface area contributed by atoms with E-state index < -0.39 is 12.3 Å². The first-order valence-electron chi connectivity index (χ1n) is 10.1. The number of alkyl halides is 1. The predicted octanol–water partition coefficient (Wildman–Crippen LogP) is 3.09. The van der Waals surface area contributed by atoms with Gasteiger partial charge in [-0.3, -0.25) is 14.6 Å². The number of aliphatic hydroxyl groups excluding tert-OH is 1. The van der Waals surface area contributed by atoms with Gasteiger partial charge in [0, 0.05) is 25.0 Å². The number of likely N-dealkylation sites (tertiary alicyclic amines) is 1. The van der Waals surface area contributed by atoms with Crippen LogP contribution >= 0.6 is 0 Å². The summed E-state index contributed by atoms with van der Waals surface area (Å²) >= 11 is 0. The number of carbonyl (C=O) groups excluding carboxylic acids is 1. The summed E-state index contributed by atoms with van der Waals surface area (Å²) in [5, 5.41) is 12.2. The number of aliphatic hydroxyl groups is 1. The number of halogens is 1. The Bertz CT molecular complexity index is 918. The number of fused-ring (bicyclic) bond motifs is 3. The van der Waals surface area contributed by atoms with Gasteiger partial charge in [-0.1, -0.05) is 24.3 Å². The Labute approximate surface area is 163 Å². The van der Waals surface area contributed by atoms with Crippen LogP contribution < -0.4 is 4.74 Å². The molecule has 2 aromatic carbocycles. The Hall–Kier alpha value is -2.18. The molecule has 28 heavy (non-hydrogen) atoms. The van der Waals surface area contributed by atoms with Crippen LogP contribution in [0.3, 0.4) is 0 Å². The van der Waals surface area contributed by atoms with E-state index in [0.29, 0.717) is 30.8 Å². The molecule has 2 aromatic rings. The zero-order chi connectivity index (χ0) is 19.3. The molecule has 0 aromatic heterocycles. The summed E-state index contributed by atoms with van der Waals surface area (Å²) in [4.78, 5) is 17.1. The lowest BCUT2D eigenvalue weighted by Gasteiger charge is -2.35. The van der Waals surface area contributed by atoms with Gasteiger partial charge >= 0.3 is 0 Å². The monoisotopic (exact) mass is 384 g/mol. The first-order valence-corrected chi connectivity index (χ1v) is 10.1. The first-order chi connectivity index (χ1) is 13.6. The topological polar surface area (TPSA) is 53.0 Å². The van der Waals surface area contributed by atoms with E-state index in [4.69, 9.17) is 4.74 Å². The van der Waals surface area contributed by atoms with Crippen molar-refractivity contribution in [2.24, 2.45) is 0 Å². The number of carbonyl (C=O) groups is 1. The second-order valence-corrected chi connectivity index (χ2v) is 8.19. The second-order valence-electron chi connectivity index (χ2n) is 8.19. The molecule has 0 radical (unpaired) electrons. The third-order valence-corrected chi connectivity index (χ3v) is 6.37. The van der Waals surface area contributed by atoms with E-state index in [1.54, 1.807) is 4.90 Å². The molecule has 2 fully saturated rings. The fourth-order valence-corrected chi connectivity index (χ4v) is 4.92. The minimum absolute atomic E-state index is 0.0796. The van der Waals surface area contributed by atoms with Crippen molar-refractivity contribution in [1.29, 1.82) is 0 Å². The van der Waals surface area contributed by atoms with Crippen LogP contribution in [0.1, 0.15) is 41.6 Å². The van der Waals surface area contributed by atoms with Crippen molar-refractivity contribution in [2.75, 3.05) is 19.8 Å². The van der Waals surface area contributed by atoms with Crippen LogP contribution in [0, 0.1) is 0 Å². The van der Waals surface area contributed by atoms with Crippen LogP contribution in [-0.4, -0.2) is 59.0 Å². The van der Waals surface area contributed by atoms with Crippen molar-refractivity contribution in [3.8, 4) is 5.75 Å². The second kappa shape index (κ2) is 7.01. The molecule has 1 unspecified atom stereocenters. The van der Waals surface area contributed by atoms with Gasteiger partial charge in [-0.2, -0.15) is 0 Å². The van der Waals surface area contributed by atoms with Crippen molar-refractivity contribution in [2.45, 2.75) is 50.5 Å². The molecule has 1 aliphatic carbocycles. The fraction of sp³-hybridized carbons (Fsp3) is 0.500. The van der Waals surface area contributed by atoms with Crippen LogP contribution in [0.15, 0.2) is 30.3 Å². The summed E-state index contributed by atoms with van der Waals surface area (Å²) < 4.78 is 19.7. The average Bonchev–Trinajstić information content (AvgIpc) is 3.31. The highest BCUT2D eigenvalue weighted by Gasteiger charge is 2.38. The zero-order valence-electron chi connectivity index (χ0n) is 15.8. The summed E-state index contributed by atoms with van der Waals surface area (Å²) in [6.07, 6.45) is 1.76. The summed E-state index contributed by atoms with van der Waals surface area (Å²) in [5.74, 6) is 0.543. The minimum atomic E-state index is -0.770. The highest BCUT2D eigenvalue weighted by atomic mass is 19.1. The number of benzene rings is 2. The standard InChI is InChI=1S/C22H25FN2O3/c23-15-8-9-24(12-15)11-14-10-18-21(17-5-2-1-4-16(14)17)28-13-25(22(18)27)19-6-3-7-20(19)26/h1-2,4-5,10,15,19-20,26H,3,6-9,11-13H2/t15?,19-,20-/m0/s1. The lowest BCUT2D eigenvalue weighted by Crippen LogP contribution is -2.48. The van der Waals surface area contributed by atoms with Gasteiger partial charge in [0.15, 0.2) is 6.73 Å². The average molecular weight is 384 g/mol. The maximum absolute atomic E-state index is 13.6. The summed E-state index contributed by atoms with van der Waals surface area (Å²) in [6, 6.07) is 9.68. The SMILES string of the molecule is O=C1c2cc(CN3CCC(F)C3)c3ccccc3c2OCN1[C@H]1CCC[C@@H]1O. The third kappa shape index (κ3) is 2.95. The molecule has 1 saturated carbocycles. The molecule has 2 heterocycles. The molecule has 1 saturated heterocycles. The quantitative estimate of drug-likeness (QED) is 0.884. The van der Waals surface area contributed by atoms with Crippen molar-refractivity contribution in [3.05, 3.63) is 41.5 Å². The molecular weight excluding hydrogens is 359 g/mol. The maximum atomic E-state index is 13.6. The minimum Gasteiger partial charge on any atom is -0.472 e. The van der Waals surface area contributed by atoms with E-state index in [9.17, 15) is 14.3 Å². The molecule has 1 N–H and O–H groups in total. The highest BCUT2D eigenvalue weighted by molar-refractivity contribution is 6.06. The Morgan fingerprint density at radius 1 is 1.18 bits per heavy atom. The Morgan fingerprint density at radius 2 is 2.00 bits per heavy atom. The van der Waals surface area contributed by atoms with Gasteiger partial charge in [-0.25, -0.2) is 4.39 Å². The van der Waals surface area contributed by atoms with Gasteiger partial charge in [-0.05, 0) is 42.7 Å². The molecule has 2 aliphatic heterocycles. The summed E-state index contributed by atoms with van der Waals surface area (Å²) in [6.45, 7) is 1.97. The van der Waals surface area contributed by atoms with E-state index >= 15 is 0 Å². The number of rotatable bonds is 3. The van der Waals surface area contributed by atoms with Crippen LogP contribution in [-0.2, 0) is 6.54 Å². The van der Waals surface area contributed by atoms with E-state index in [1.165, 1.54) is 0 Å². The van der Waals surface area contributed by atoms with Crippen LogP contribution in [0.4, 0.5) is 4.39 Å². The largest absolute Gasteiger partial charge is 0.472 e. The number of hydrogen-bond acceptors (Lipinski definition) is 4. The summed E-state index contributed by atoms with van der Waals surface area (Å²) in [5.41, 5.74) is 1.57. The number of amides is 1. The molecule has 148 valence electrons. The number of nitrogens with zero attached hydrogens (tertiary/aromatic N) is 2. The van der Waals surface area contributed by atoms with Gasteiger partial charge in [0.25, 0.3) is 5.91 Å². The van der Waals surface area contributed by atoms with Crippen molar-refractivity contribution in [3.63, 3.8) is 0 Å². The fourth-order valence-electron chi connectivity index (χ4n) is 4.92. The molecular formula is C22H25FN2O3. The van der Waals surface area contributed by atoms with Crippen molar-refractivity contribution < 1.29 is 19.0 Å². The van der Waals surface area contributed by atoms with Gasteiger partial charge in [-0.15, -0.1) is 0 Å². The first kappa shape index (κ1) is 17.9. The van der Waals surface area contributed by atoms with Crippen LogP contribution in [0.5, 0.6) is 5.75 Å². The van der Waals surface area contributed by atoms with Gasteiger partial charge in [0.1, 0.15) is 11.9 Å². The van der Waals surface area contributed by atoms with E-state index in [-0.39, 0.29) is 18.7 Å². The molecule has 6 heteroatoms. The van der Waals surface area contributed by atoms with Gasteiger partial charge in [0.2, 0.25) is 0 Å².